The van der Waals surface area contributed by atoms with E-state index in [1.165, 1.54) is 12.1 Å². The summed E-state index contributed by atoms with van der Waals surface area (Å²) in [5, 5.41) is -0.301. The van der Waals surface area contributed by atoms with Crippen LogP contribution < -0.4 is 5.73 Å². The molecule has 14 heavy (non-hydrogen) atoms. The maximum absolute atomic E-state index is 12.4. The Morgan fingerprint density at radius 1 is 1.36 bits per heavy atom. The third-order valence-electron chi connectivity index (χ3n) is 1.62. The third-order valence-corrected chi connectivity index (χ3v) is 2.77. The van der Waals surface area contributed by atoms with Crippen molar-refractivity contribution in [2.75, 3.05) is 0 Å². The molecule has 0 radical (unpaired) electrons. The van der Waals surface area contributed by atoms with Gasteiger partial charge in [-0.25, -0.2) is 0 Å². The fraction of sp³-hybridized carbons (Fsp3) is 0.250. The van der Waals surface area contributed by atoms with E-state index in [1.54, 1.807) is 22.6 Å². The normalized spacial score (nSPS) is 11.9. The van der Waals surface area contributed by atoms with Crippen molar-refractivity contribution in [3.63, 3.8) is 0 Å². The molecule has 0 atom stereocenters. The molecular weight excluding hydrogens is 329 g/mol. The molecule has 1 aromatic carbocycles. The molecule has 0 saturated heterocycles. The summed E-state index contributed by atoms with van der Waals surface area (Å²) < 4.78 is 37.3. The van der Waals surface area contributed by atoms with Gasteiger partial charge in [-0.2, -0.15) is 13.2 Å². The summed E-state index contributed by atoms with van der Waals surface area (Å²) in [6.07, 6.45) is -4.42. The lowest BCUT2D eigenvalue weighted by molar-refractivity contribution is -0.138. The number of rotatable bonds is 1. The van der Waals surface area contributed by atoms with Crippen molar-refractivity contribution in [1.29, 1.82) is 0 Å². The minimum absolute atomic E-state index is 0.0723. The van der Waals surface area contributed by atoms with Crippen molar-refractivity contribution in [1.82, 2.24) is 0 Å². The van der Waals surface area contributed by atoms with Gasteiger partial charge in [0.1, 0.15) is 0 Å². The first kappa shape index (κ1) is 12.1. The third kappa shape index (κ3) is 2.52. The standard InChI is InChI=1S/C8H6ClF3IN/c9-5-1-4(3-14)2-6(13)7(5)8(10,11)12/h1-2H,3,14H2. The summed E-state index contributed by atoms with van der Waals surface area (Å²) in [5.74, 6) is 0. The first-order valence-electron chi connectivity index (χ1n) is 3.61. The van der Waals surface area contributed by atoms with Gasteiger partial charge in [0, 0.05) is 10.1 Å². The molecule has 2 N–H and O–H groups in total. The second kappa shape index (κ2) is 4.24. The minimum atomic E-state index is -4.42. The van der Waals surface area contributed by atoms with Crippen LogP contribution >= 0.6 is 34.2 Å². The highest BCUT2D eigenvalue weighted by Crippen LogP contribution is 2.38. The SMILES string of the molecule is NCc1cc(Cl)c(C(F)(F)F)c(I)c1. The van der Waals surface area contributed by atoms with Gasteiger partial charge in [-0.15, -0.1) is 0 Å². The Labute approximate surface area is 97.6 Å². The fourth-order valence-corrected chi connectivity index (χ4v) is 2.52. The lowest BCUT2D eigenvalue weighted by Gasteiger charge is -2.12. The molecule has 0 aromatic heterocycles. The van der Waals surface area contributed by atoms with E-state index >= 15 is 0 Å². The van der Waals surface area contributed by atoms with Crippen molar-refractivity contribution in [2.45, 2.75) is 12.7 Å². The molecule has 1 rings (SSSR count). The molecule has 0 amide bonds. The quantitative estimate of drug-likeness (QED) is 0.782. The Morgan fingerprint density at radius 3 is 2.29 bits per heavy atom. The van der Waals surface area contributed by atoms with Crippen LogP contribution in [0, 0.1) is 3.57 Å². The molecule has 0 fully saturated rings. The van der Waals surface area contributed by atoms with E-state index in [1.807, 2.05) is 0 Å². The average molecular weight is 335 g/mol. The van der Waals surface area contributed by atoms with E-state index in [-0.39, 0.29) is 15.1 Å². The molecule has 0 aliphatic heterocycles. The lowest BCUT2D eigenvalue weighted by Crippen LogP contribution is -2.10. The van der Waals surface area contributed by atoms with Crippen LogP contribution in [0.3, 0.4) is 0 Å². The second-order valence-corrected chi connectivity index (χ2v) is 4.21. The molecule has 0 aliphatic carbocycles. The topological polar surface area (TPSA) is 26.0 Å². The highest BCUT2D eigenvalue weighted by Gasteiger charge is 2.35. The van der Waals surface area contributed by atoms with Gasteiger partial charge in [-0.3, -0.25) is 0 Å². The number of nitrogens with two attached hydrogens (primary N) is 1. The van der Waals surface area contributed by atoms with Crippen LogP contribution in [-0.4, -0.2) is 0 Å². The first-order valence-corrected chi connectivity index (χ1v) is 5.07. The smallest absolute Gasteiger partial charge is 0.326 e. The molecule has 0 heterocycles. The van der Waals surface area contributed by atoms with Gasteiger partial charge in [0.15, 0.2) is 0 Å². The average Bonchev–Trinajstić information content (AvgIpc) is 1.99. The van der Waals surface area contributed by atoms with E-state index in [9.17, 15) is 13.2 Å². The minimum Gasteiger partial charge on any atom is -0.326 e. The Kier molecular flexibility index (Phi) is 3.65. The van der Waals surface area contributed by atoms with Crippen LogP contribution in [0.5, 0.6) is 0 Å². The van der Waals surface area contributed by atoms with Gasteiger partial charge in [0.2, 0.25) is 0 Å². The van der Waals surface area contributed by atoms with Crippen LogP contribution in [-0.2, 0) is 12.7 Å². The van der Waals surface area contributed by atoms with Crippen molar-refractivity contribution >= 4 is 34.2 Å². The lowest BCUT2D eigenvalue weighted by atomic mass is 10.1. The largest absolute Gasteiger partial charge is 0.418 e. The molecule has 6 heteroatoms. The molecular formula is C8H6ClF3IN. The summed E-state index contributed by atoms with van der Waals surface area (Å²) >= 11 is 7.12. The second-order valence-electron chi connectivity index (χ2n) is 2.64. The van der Waals surface area contributed by atoms with Gasteiger partial charge in [-0.05, 0) is 40.3 Å². The van der Waals surface area contributed by atoms with Crippen LogP contribution in [0.2, 0.25) is 5.02 Å². The number of alkyl halides is 3. The number of hydrogen-bond donors (Lipinski definition) is 1. The monoisotopic (exact) mass is 335 g/mol. The zero-order valence-electron chi connectivity index (χ0n) is 6.83. The number of hydrogen-bond acceptors (Lipinski definition) is 1. The predicted molar refractivity (Wildman–Crippen MR) is 57.1 cm³/mol. The molecule has 78 valence electrons. The highest BCUT2D eigenvalue weighted by molar-refractivity contribution is 14.1. The molecule has 1 aromatic rings. The molecule has 0 bridgehead atoms. The maximum atomic E-state index is 12.4. The van der Waals surface area contributed by atoms with Crippen LogP contribution in [0.25, 0.3) is 0 Å². The van der Waals surface area contributed by atoms with Gasteiger partial charge in [-0.1, -0.05) is 11.6 Å². The first-order chi connectivity index (χ1) is 6.36. The predicted octanol–water partition coefficient (Wildman–Crippen LogP) is 3.42. The van der Waals surface area contributed by atoms with E-state index in [0.29, 0.717) is 5.56 Å². The van der Waals surface area contributed by atoms with Crippen molar-refractivity contribution < 1.29 is 13.2 Å². The van der Waals surface area contributed by atoms with E-state index in [4.69, 9.17) is 17.3 Å². The van der Waals surface area contributed by atoms with Gasteiger partial charge < -0.3 is 5.73 Å². The summed E-state index contributed by atoms with van der Waals surface area (Å²) in [4.78, 5) is 0. The Morgan fingerprint density at radius 2 is 1.93 bits per heavy atom. The van der Waals surface area contributed by atoms with Crippen LogP contribution in [0.4, 0.5) is 13.2 Å². The summed E-state index contributed by atoms with van der Waals surface area (Å²) in [6, 6.07) is 2.63. The van der Waals surface area contributed by atoms with Crippen molar-refractivity contribution in [3.05, 3.63) is 31.9 Å². The van der Waals surface area contributed by atoms with E-state index in [0.717, 1.165) is 0 Å². The molecule has 0 spiro atoms. The van der Waals surface area contributed by atoms with Crippen molar-refractivity contribution in [2.24, 2.45) is 5.73 Å². The van der Waals surface area contributed by atoms with Gasteiger partial charge in [0.25, 0.3) is 0 Å². The van der Waals surface area contributed by atoms with Gasteiger partial charge >= 0.3 is 6.18 Å². The summed E-state index contributed by atoms with van der Waals surface area (Å²) in [7, 11) is 0. The summed E-state index contributed by atoms with van der Waals surface area (Å²) in [5.41, 5.74) is 5.10. The van der Waals surface area contributed by atoms with Crippen LogP contribution in [0.1, 0.15) is 11.1 Å². The molecule has 0 aliphatic rings. The molecule has 1 nitrogen and oxygen atoms in total. The maximum Gasteiger partial charge on any atom is 0.418 e. The zero-order chi connectivity index (χ0) is 10.9. The fourth-order valence-electron chi connectivity index (χ4n) is 1.01. The zero-order valence-corrected chi connectivity index (χ0v) is 9.74. The van der Waals surface area contributed by atoms with Crippen LogP contribution in [0.15, 0.2) is 12.1 Å². The summed E-state index contributed by atoms with van der Waals surface area (Å²) in [6.45, 7) is 0.174. The number of halogens is 5. The van der Waals surface area contributed by atoms with Crippen molar-refractivity contribution in [3.8, 4) is 0 Å². The Hall–Kier alpha value is -0.0100. The Bertz CT molecular complexity index is 328. The van der Waals surface area contributed by atoms with Gasteiger partial charge in [0.05, 0.1) is 10.6 Å². The Balaban J connectivity index is 3.33. The highest BCUT2D eigenvalue weighted by atomic mass is 127. The number of benzene rings is 1. The van der Waals surface area contributed by atoms with E-state index in [2.05, 4.69) is 0 Å². The molecule has 0 saturated carbocycles. The molecule has 0 unspecified atom stereocenters. The van der Waals surface area contributed by atoms with E-state index < -0.39 is 11.7 Å².